The molecule has 1 radical (unpaired) electrons. The summed E-state index contributed by atoms with van der Waals surface area (Å²) in [7, 11) is -5.15. The number of rotatable bonds is 2. The molecule has 1 rings (SSSR count). The second-order valence-electron chi connectivity index (χ2n) is 2.34. The highest BCUT2D eigenvalue weighted by Crippen LogP contribution is 2.22. The second kappa shape index (κ2) is 3.74. The van der Waals surface area contributed by atoms with Crippen molar-refractivity contribution in [3.8, 4) is 0 Å². The SMILES string of the molecule is O=S(=O)([N]F)c1cc(F)c(F)c(F)c1F. The molecule has 0 spiro atoms. The minimum absolute atomic E-state index is 0.202. The van der Waals surface area contributed by atoms with Gasteiger partial charge in [-0.1, -0.05) is 4.48 Å². The number of nitrogens with zero attached hydrogens (tertiary/aromatic N) is 1. The molecule has 0 bridgehead atoms. The zero-order valence-electron chi connectivity index (χ0n) is 6.64. The van der Waals surface area contributed by atoms with E-state index in [0.717, 1.165) is 0 Å². The van der Waals surface area contributed by atoms with E-state index in [2.05, 4.69) is 0 Å². The lowest BCUT2D eigenvalue weighted by Gasteiger charge is -2.02. The third kappa shape index (κ3) is 1.92. The van der Waals surface area contributed by atoms with Crippen molar-refractivity contribution in [2.75, 3.05) is 0 Å². The predicted molar refractivity (Wildman–Crippen MR) is 36.7 cm³/mol. The fraction of sp³-hybridized carbons (Fsp3) is 0. The molecule has 0 aliphatic rings. The van der Waals surface area contributed by atoms with E-state index in [1.54, 1.807) is 0 Å². The van der Waals surface area contributed by atoms with Crippen molar-refractivity contribution in [1.82, 2.24) is 4.94 Å². The van der Waals surface area contributed by atoms with Gasteiger partial charge in [-0.15, -0.1) is 0 Å². The van der Waals surface area contributed by atoms with Crippen molar-refractivity contribution < 1.29 is 30.5 Å². The van der Waals surface area contributed by atoms with Crippen LogP contribution in [0.4, 0.5) is 22.0 Å². The first-order chi connectivity index (χ1) is 6.81. The van der Waals surface area contributed by atoms with Crippen molar-refractivity contribution in [2.24, 2.45) is 0 Å². The Labute approximate surface area is 80.5 Å². The fourth-order valence-electron chi connectivity index (χ4n) is 0.776. The van der Waals surface area contributed by atoms with Gasteiger partial charge < -0.3 is 0 Å². The lowest BCUT2D eigenvalue weighted by molar-refractivity contribution is 0.386. The van der Waals surface area contributed by atoms with Gasteiger partial charge in [0, 0.05) is 6.07 Å². The summed E-state index contributed by atoms with van der Waals surface area (Å²) in [5.41, 5.74) is 0. The molecule has 0 atom stereocenters. The van der Waals surface area contributed by atoms with E-state index in [0.29, 0.717) is 0 Å². The Hall–Kier alpha value is -1.22. The van der Waals surface area contributed by atoms with E-state index < -0.39 is 38.2 Å². The maximum atomic E-state index is 12.7. The monoisotopic (exact) mass is 246 g/mol. The van der Waals surface area contributed by atoms with Crippen LogP contribution < -0.4 is 4.94 Å². The first-order valence-electron chi connectivity index (χ1n) is 3.22. The highest BCUT2D eigenvalue weighted by atomic mass is 32.2. The molecular weight excluding hydrogens is 245 g/mol. The Bertz CT molecular complexity index is 501. The molecule has 0 saturated carbocycles. The van der Waals surface area contributed by atoms with Gasteiger partial charge in [0.15, 0.2) is 23.3 Å². The van der Waals surface area contributed by atoms with Crippen molar-refractivity contribution in [3.63, 3.8) is 0 Å². The number of benzene rings is 1. The van der Waals surface area contributed by atoms with Gasteiger partial charge in [-0.25, -0.2) is 26.0 Å². The Morgan fingerprint density at radius 1 is 1.00 bits per heavy atom. The average Bonchev–Trinajstić information content (AvgIpc) is 2.20. The van der Waals surface area contributed by atoms with Crippen molar-refractivity contribution in [3.05, 3.63) is 29.3 Å². The number of halogens is 5. The molecule has 83 valence electrons. The van der Waals surface area contributed by atoms with Gasteiger partial charge in [-0.3, -0.25) is 0 Å². The quantitative estimate of drug-likeness (QED) is 0.450. The van der Waals surface area contributed by atoms with E-state index in [4.69, 9.17) is 0 Å². The maximum absolute atomic E-state index is 12.7. The van der Waals surface area contributed by atoms with Gasteiger partial charge in [0.1, 0.15) is 4.90 Å². The third-order valence-electron chi connectivity index (χ3n) is 1.44. The molecule has 0 saturated heterocycles. The molecule has 1 aromatic carbocycles. The molecule has 0 N–H and O–H groups in total. The minimum Gasteiger partial charge on any atom is -0.204 e. The molecule has 3 nitrogen and oxygen atoms in total. The molecule has 0 amide bonds. The van der Waals surface area contributed by atoms with Crippen LogP contribution in [0.5, 0.6) is 0 Å². The van der Waals surface area contributed by atoms with Crippen LogP contribution >= 0.6 is 0 Å². The van der Waals surface area contributed by atoms with E-state index >= 15 is 0 Å². The summed E-state index contributed by atoms with van der Waals surface area (Å²) in [6, 6.07) is -0.202. The Balaban J connectivity index is 3.60. The number of hydrogen-bond donors (Lipinski definition) is 0. The van der Waals surface area contributed by atoms with Crippen LogP contribution in [-0.2, 0) is 10.0 Å². The molecule has 15 heavy (non-hydrogen) atoms. The summed E-state index contributed by atoms with van der Waals surface area (Å²) in [5, 5.41) is 0. The second-order valence-corrected chi connectivity index (χ2v) is 3.87. The first-order valence-corrected chi connectivity index (χ1v) is 4.66. The summed E-state index contributed by atoms with van der Waals surface area (Å²) in [4.78, 5) is -0.467. The van der Waals surface area contributed by atoms with Gasteiger partial charge in [0.05, 0.1) is 4.94 Å². The molecule has 0 unspecified atom stereocenters. The van der Waals surface area contributed by atoms with Crippen LogP contribution in [0.2, 0.25) is 0 Å². The van der Waals surface area contributed by atoms with Gasteiger partial charge in [0.25, 0.3) is 10.0 Å². The van der Waals surface area contributed by atoms with E-state index in [1.165, 1.54) is 4.94 Å². The summed E-state index contributed by atoms with van der Waals surface area (Å²) in [5.74, 6) is -8.73. The van der Waals surface area contributed by atoms with Crippen LogP contribution in [0.15, 0.2) is 11.0 Å². The van der Waals surface area contributed by atoms with E-state index in [-0.39, 0.29) is 6.07 Å². The molecule has 1 aromatic rings. The van der Waals surface area contributed by atoms with Crippen molar-refractivity contribution >= 4 is 10.0 Å². The molecule has 0 aliphatic carbocycles. The average molecular weight is 246 g/mol. The topological polar surface area (TPSA) is 48.2 Å². The first kappa shape index (κ1) is 11.9. The summed E-state index contributed by atoms with van der Waals surface area (Å²) >= 11 is 0. The Morgan fingerprint density at radius 3 is 2.00 bits per heavy atom. The highest BCUT2D eigenvalue weighted by Gasteiger charge is 2.28. The normalized spacial score (nSPS) is 11.8. The molecule has 0 aliphatic heterocycles. The number of hydrogen-bond acceptors (Lipinski definition) is 2. The van der Waals surface area contributed by atoms with Crippen LogP contribution in [-0.4, -0.2) is 8.42 Å². The predicted octanol–water partition coefficient (Wildman–Crippen LogP) is 1.42. The zero-order valence-corrected chi connectivity index (χ0v) is 7.46. The highest BCUT2D eigenvalue weighted by molar-refractivity contribution is 7.89. The van der Waals surface area contributed by atoms with Gasteiger partial charge >= 0.3 is 0 Å². The third-order valence-corrected chi connectivity index (χ3v) is 2.47. The van der Waals surface area contributed by atoms with Gasteiger partial charge in [-0.05, 0) is 0 Å². The van der Waals surface area contributed by atoms with Crippen LogP contribution in [0.3, 0.4) is 0 Å². The standard InChI is InChI=1S/C6HF5NO2S/c7-2-1-3(15(13,14)12-11)5(9)6(10)4(2)8/h1H. The maximum Gasteiger partial charge on any atom is 0.289 e. The minimum atomic E-state index is -5.15. The molecule has 0 fully saturated rings. The molecular formula is C6HF5NO2S. The van der Waals surface area contributed by atoms with E-state index in [9.17, 15) is 30.5 Å². The van der Waals surface area contributed by atoms with Crippen LogP contribution in [0.1, 0.15) is 0 Å². The summed E-state index contributed by atoms with van der Waals surface area (Å²) in [6.45, 7) is 0. The molecule has 0 heterocycles. The van der Waals surface area contributed by atoms with Gasteiger partial charge in [0.2, 0.25) is 0 Å². The largest absolute Gasteiger partial charge is 0.289 e. The lowest BCUT2D eigenvalue weighted by atomic mass is 10.3. The summed E-state index contributed by atoms with van der Waals surface area (Å²) in [6.07, 6.45) is 0. The Kier molecular flexibility index (Phi) is 2.95. The summed E-state index contributed by atoms with van der Waals surface area (Å²) < 4.78 is 82.8. The zero-order chi connectivity index (χ0) is 11.8. The number of sulfonamides is 1. The molecule has 9 heteroatoms. The smallest absolute Gasteiger partial charge is 0.204 e. The van der Waals surface area contributed by atoms with E-state index in [1.807, 2.05) is 0 Å². The van der Waals surface area contributed by atoms with Crippen LogP contribution in [0, 0.1) is 23.3 Å². The molecule has 0 aromatic heterocycles. The lowest BCUT2D eigenvalue weighted by Crippen LogP contribution is -2.13. The van der Waals surface area contributed by atoms with Crippen molar-refractivity contribution in [1.29, 1.82) is 0 Å². The van der Waals surface area contributed by atoms with Crippen LogP contribution in [0.25, 0.3) is 0 Å². The van der Waals surface area contributed by atoms with Gasteiger partial charge in [-0.2, -0.15) is 0 Å². The Morgan fingerprint density at radius 2 is 1.53 bits per heavy atom. The van der Waals surface area contributed by atoms with Crippen molar-refractivity contribution in [2.45, 2.75) is 4.90 Å². The fourth-order valence-corrected chi connectivity index (χ4v) is 1.42.